The smallest absolute Gasteiger partial charge is 0.0971 e. The molecule has 1 aliphatic rings. The number of azo groups is 1. The summed E-state index contributed by atoms with van der Waals surface area (Å²) in [4.78, 5) is 0. The molecule has 0 saturated heterocycles. The third-order valence-electron chi connectivity index (χ3n) is 5.88. The second-order valence-corrected chi connectivity index (χ2v) is 7.86. The van der Waals surface area contributed by atoms with E-state index < -0.39 is 0 Å². The van der Waals surface area contributed by atoms with Crippen LogP contribution in [0, 0.1) is 0 Å². The first-order valence-corrected chi connectivity index (χ1v) is 10.8. The molecule has 0 spiro atoms. The van der Waals surface area contributed by atoms with E-state index >= 15 is 0 Å². The zero-order valence-corrected chi connectivity index (χ0v) is 17.3. The Balaban J connectivity index is 1.52. The molecule has 0 bridgehead atoms. The lowest BCUT2D eigenvalue weighted by Crippen LogP contribution is -2.05. The molecule has 0 aromatic heterocycles. The van der Waals surface area contributed by atoms with Crippen LogP contribution in [0.15, 0.2) is 125 Å². The minimum absolute atomic E-state index is 0.0234. The van der Waals surface area contributed by atoms with Crippen molar-refractivity contribution in [1.82, 2.24) is 0 Å². The molecule has 0 fully saturated rings. The van der Waals surface area contributed by atoms with Gasteiger partial charge in [-0.05, 0) is 46.4 Å². The van der Waals surface area contributed by atoms with Gasteiger partial charge >= 0.3 is 0 Å². The van der Waals surface area contributed by atoms with Crippen molar-refractivity contribution < 1.29 is 0 Å². The summed E-state index contributed by atoms with van der Waals surface area (Å²) in [6.07, 6.45) is 3.21. The maximum absolute atomic E-state index is 4.83. The van der Waals surface area contributed by atoms with E-state index in [1.54, 1.807) is 0 Å². The summed E-state index contributed by atoms with van der Waals surface area (Å²) in [6, 6.07) is 39.9. The maximum Gasteiger partial charge on any atom is 0.0971 e. The Kier molecular flexibility index (Phi) is 5.53. The summed E-state index contributed by atoms with van der Waals surface area (Å²) >= 11 is 0. The fourth-order valence-electron chi connectivity index (χ4n) is 4.34. The van der Waals surface area contributed by atoms with E-state index in [9.17, 15) is 0 Å². The number of benzene rings is 4. The highest BCUT2D eigenvalue weighted by atomic mass is 15.1. The Bertz CT molecular complexity index is 1200. The molecule has 5 rings (SSSR count). The van der Waals surface area contributed by atoms with E-state index in [1.165, 1.54) is 27.8 Å². The van der Waals surface area contributed by atoms with Crippen molar-refractivity contribution in [3.05, 3.63) is 138 Å². The van der Waals surface area contributed by atoms with Crippen LogP contribution in [-0.2, 0) is 0 Å². The molecule has 0 heterocycles. The molecule has 0 radical (unpaired) electrons. The Labute approximate surface area is 183 Å². The Morgan fingerprint density at radius 2 is 1.26 bits per heavy atom. The molecule has 0 N–H and O–H groups in total. The van der Waals surface area contributed by atoms with Gasteiger partial charge in [-0.1, -0.05) is 109 Å². The zero-order chi connectivity index (χ0) is 20.9. The van der Waals surface area contributed by atoms with E-state index in [4.69, 9.17) is 5.11 Å². The molecule has 2 nitrogen and oxygen atoms in total. The van der Waals surface area contributed by atoms with Gasteiger partial charge in [0.25, 0.3) is 0 Å². The van der Waals surface area contributed by atoms with Crippen LogP contribution in [0.2, 0.25) is 0 Å². The molecular formula is C29H24N2. The van der Waals surface area contributed by atoms with Crippen molar-refractivity contribution >= 4 is 17.3 Å². The molecule has 0 saturated carbocycles. The van der Waals surface area contributed by atoms with Gasteiger partial charge in [-0.2, -0.15) is 10.2 Å². The summed E-state index contributed by atoms with van der Waals surface area (Å²) in [6.45, 7) is 0. The summed E-state index contributed by atoms with van der Waals surface area (Å²) in [5.41, 5.74) is 7.39. The predicted molar refractivity (Wildman–Crippen MR) is 128 cm³/mol. The molecule has 2 heteroatoms. The average molecular weight is 401 g/mol. The van der Waals surface area contributed by atoms with Crippen molar-refractivity contribution in [3.63, 3.8) is 0 Å². The van der Waals surface area contributed by atoms with Crippen LogP contribution < -0.4 is 0 Å². The lowest BCUT2D eigenvalue weighted by molar-refractivity contribution is 0.597. The molecular weight excluding hydrogens is 376 g/mol. The topological polar surface area (TPSA) is 24.7 Å². The van der Waals surface area contributed by atoms with Crippen LogP contribution >= 0.6 is 0 Å². The molecule has 0 amide bonds. The van der Waals surface area contributed by atoms with Crippen molar-refractivity contribution in [3.8, 4) is 0 Å². The third-order valence-corrected chi connectivity index (χ3v) is 5.88. The highest BCUT2D eigenvalue weighted by molar-refractivity contribution is 5.91. The van der Waals surface area contributed by atoms with Crippen LogP contribution in [0.25, 0.3) is 11.6 Å². The van der Waals surface area contributed by atoms with Gasteiger partial charge in [0.2, 0.25) is 0 Å². The molecule has 2 unspecified atom stereocenters. The summed E-state index contributed by atoms with van der Waals surface area (Å²) in [5, 5.41) is 9.41. The zero-order valence-electron chi connectivity index (χ0n) is 17.3. The van der Waals surface area contributed by atoms with Crippen molar-refractivity contribution in [2.24, 2.45) is 10.2 Å². The first-order chi connectivity index (χ1) is 15.4. The lowest BCUT2D eigenvalue weighted by atomic mass is 9.84. The fourth-order valence-corrected chi connectivity index (χ4v) is 4.34. The minimum atomic E-state index is -0.0234. The summed E-state index contributed by atoms with van der Waals surface area (Å²) < 4.78 is 0. The monoisotopic (exact) mass is 400 g/mol. The SMILES string of the molecule is C1=C(c2ccccc2)C(CC(N=Nc2ccccc2)c2ccccc2)c2ccccc21. The second-order valence-electron chi connectivity index (χ2n) is 7.86. The number of rotatable bonds is 6. The van der Waals surface area contributed by atoms with Crippen LogP contribution in [-0.4, -0.2) is 0 Å². The normalized spacial score (nSPS) is 16.1. The quantitative estimate of drug-likeness (QED) is 0.291. The molecule has 4 aromatic carbocycles. The van der Waals surface area contributed by atoms with Gasteiger partial charge in [0, 0.05) is 5.92 Å². The van der Waals surface area contributed by atoms with Gasteiger partial charge in [0.1, 0.15) is 0 Å². The Hall–Kier alpha value is -3.78. The van der Waals surface area contributed by atoms with Crippen molar-refractivity contribution in [2.75, 3.05) is 0 Å². The highest BCUT2D eigenvalue weighted by Gasteiger charge is 2.29. The third kappa shape index (κ3) is 4.24. The van der Waals surface area contributed by atoms with E-state index in [0.29, 0.717) is 0 Å². The Morgan fingerprint density at radius 3 is 2.00 bits per heavy atom. The highest BCUT2D eigenvalue weighted by Crippen LogP contribution is 2.47. The summed E-state index contributed by atoms with van der Waals surface area (Å²) in [5.74, 6) is 0.276. The maximum atomic E-state index is 4.83. The molecule has 1 aliphatic carbocycles. The molecule has 0 aliphatic heterocycles. The first kappa shape index (κ1) is 19.2. The molecule has 2 atom stereocenters. The predicted octanol–water partition coefficient (Wildman–Crippen LogP) is 8.24. The first-order valence-electron chi connectivity index (χ1n) is 10.8. The largest absolute Gasteiger partial charge is 0.180 e. The van der Waals surface area contributed by atoms with Gasteiger partial charge in [-0.25, -0.2) is 0 Å². The molecule has 150 valence electrons. The number of hydrogen-bond donors (Lipinski definition) is 0. The lowest BCUT2D eigenvalue weighted by Gasteiger charge is -2.21. The van der Waals surface area contributed by atoms with Crippen LogP contribution in [0.1, 0.15) is 40.6 Å². The van der Waals surface area contributed by atoms with E-state index in [0.717, 1.165) is 12.1 Å². The van der Waals surface area contributed by atoms with Crippen LogP contribution in [0.3, 0.4) is 0 Å². The van der Waals surface area contributed by atoms with Crippen LogP contribution in [0.5, 0.6) is 0 Å². The van der Waals surface area contributed by atoms with Gasteiger partial charge in [-0.15, -0.1) is 0 Å². The molecule has 31 heavy (non-hydrogen) atoms. The van der Waals surface area contributed by atoms with Crippen molar-refractivity contribution in [1.29, 1.82) is 0 Å². The van der Waals surface area contributed by atoms with Crippen molar-refractivity contribution in [2.45, 2.75) is 18.4 Å². The fraction of sp³-hybridized carbons (Fsp3) is 0.103. The van der Waals surface area contributed by atoms with E-state index in [2.05, 4.69) is 96.1 Å². The number of allylic oxidation sites excluding steroid dienone is 1. The van der Waals surface area contributed by atoms with E-state index in [1.807, 2.05) is 30.3 Å². The van der Waals surface area contributed by atoms with Crippen LogP contribution in [0.4, 0.5) is 5.69 Å². The van der Waals surface area contributed by atoms with E-state index in [-0.39, 0.29) is 12.0 Å². The standard InChI is InChI=1S/C29H24N2/c1-4-12-22(13-5-1)27-20-24-16-10-11-19-26(24)28(27)21-29(23-14-6-2-7-15-23)31-30-25-17-8-3-9-18-25/h1-20,28-29H,21H2. The van der Waals surface area contributed by atoms with Gasteiger partial charge < -0.3 is 0 Å². The van der Waals surface area contributed by atoms with Gasteiger partial charge in [0.05, 0.1) is 11.7 Å². The van der Waals surface area contributed by atoms with Gasteiger partial charge in [0.15, 0.2) is 0 Å². The summed E-state index contributed by atoms with van der Waals surface area (Å²) in [7, 11) is 0. The number of fused-ring (bicyclic) bond motifs is 1. The number of hydrogen-bond acceptors (Lipinski definition) is 2. The van der Waals surface area contributed by atoms with Gasteiger partial charge in [-0.3, -0.25) is 0 Å². The average Bonchev–Trinajstić information content (AvgIpc) is 3.22. The number of nitrogens with zero attached hydrogens (tertiary/aromatic N) is 2. The molecule has 4 aromatic rings. The second kappa shape index (κ2) is 8.93. The Morgan fingerprint density at radius 1 is 0.645 bits per heavy atom. The minimum Gasteiger partial charge on any atom is -0.180 e.